The van der Waals surface area contributed by atoms with E-state index in [1.165, 1.54) is 18.9 Å². The summed E-state index contributed by atoms with van der Waals surface area (Å²) >= 11 is 1.24. The molecule has 1 N–H and O–H groups in total. The van der Waals surface area contributed by atoms with Gasteiger partial charge in [-0.2, -0.15) is 0 Å². The first-order valence-electron chi connectivity index (χ1n) is 8.54. The summed E-state index contributed by atoms with van der Waals surface area (Å²) in [5.41, 5.74) is 0.828. The molecule has 1 aromatic heterocycles. The Morgan fingerprint density at radius 3 is 2.78 bits per heavy atom. The highest BCUT2D eigenvalue weighted by molar-refractivity contribution is 7.99. The fraction of sp³-hybridized carbons (Fsp3) is 0.444. The highest BCUT2D eigenvalue weighted by atomic mass is 32.2. The van der Waals surface area contributed by atoms with Crippen LogP contribution in [0, 0.1) is 5.92 Å². The van der Waals surface area contributed by atoms with Crippen LogP contribution in [0.15, 0.2) is 35.7 Å². The van der Waals surface area contributed by atoms with E-state index < -0.39 is 12.0 Å². The number of hydrogen-bond donors (Lipinski definition) is 1. The van der Waals surface area contributed by atoms with Crippen LogP contribution in [0.2, 0.25) is 0 Å². The van der Waals surface area contributed by atoms with E-state index in [1.54, 1.807) is 18.0 Å². The lowest BCUT2D eigenvalue weighted by molar-refractivity contribution is -0.146. The van der Waals surface area contributed by atoms with Crippen molar-refractivity contribution >= 4 is 23.6 Å². The van der Waals surface area contributed by atoms with Gasteiger partial charge in [-0.1, -0.05) is 38.1 Å². The third kappa shape index (κ3) is 5.46. The van der Waals surface area contributed by atoms with E-state index in [0.717, 1.165) is 12.1 Å². The highest BCUT2D eigenvalue weighted by Gasteiger charge is 2.26. The zero-order chi connectivity index (χ0) is 19.8. The number of nitrogens with one attached hydrogen (secondary N) is 1. The van der Waals surface area contributed by atoms with Crippen LogP contribution in [0.5, 0.6) is 5.75 Å². The van der Waals surface area contributed by atoms with Gasteiger partial charge in [0, 0.05) is 6.07 Å². The third-order valence-corrected chi connectivity index (χ3v) is 5.11. The molecule has 8 nitrogen and oxygen atoms in total. The van der Waals surface area contributed by atoms with Gasteiger partial charge in [0.1, 0.15) is 18.1 Å². The summed E-state index contributed by atoms with van der Waals surface area (Å²) in [6, 6.07) is 6.79. The zero-order valence-corrected chi connectivity index (χ0v) is 16.7. The molecule has 0 bridgehead atoms. The average molecular weight is 392 g/mol. The number of amides is 1. The Morgan fingerprint density at radius 2 is 2.11 bits per heavy atom. The monoisotopic (exact) mass is 392 g/mol. The number of carbonyl (C=O) groups excluding carboxylic acids is 2. The molecular weight excluding hydrogens is 368 g/mol. The van der Waals surface area contributed by atoms with Crippen molar-refractivity contribution in [3.8, 4) is 11.4 Å². The van der Waals surface area contributed by atoms with Crippen molar-refractivity contribution in [1.29, 1.82) is 0 Å². The molecule has 0 unspecified atom stereocenters. The minimum absolute atomic E-state index is 0.0214. The minimum atomic E-state index is -0.663. The lowest BCUT2D eigenvalue weighted by Gasteiger charge is -2.21. The van der Waals surface area contributed by atoms with Crippen LogP contribution in [0.4, 0.5) is 0 Å². The molecule has 0 aliphatic heterocycles. The van der Waals surface area contributed by atoms with Gasteiger partial charge in [0.15, 0.2) is 5.16 Å². The molecule has 146 valence electrons. The van der Waals surface area contributed by atoms with E-state index >= 15 is 0 Å². The second kappa shape index (κ2) is 9.96. The number of ether oxygens (including phenoxy) is 2. The maximum atomic E-state index is 12.3. The Balaban J connectivity index is 2.03. The van der Waals surface area contributed by atoms with Gasteiger partial charge in [-0.05, 0) is 18.1 Å². The molecule has 0 fully saturated rings. The normalized spacial score (nSPS) is 12.9. The van der Waals surface area contributed by atoms with Crippen LogP contribution in [0.1, 0.15) is 20.3 Å². The lowest BCUT2D eigenvalue weighted by atomic mass is 9.99. The molecule has 2 rings (SSSR count). The summed E-state index contributed by atoms with van der Waals surface area (Å²) in [6.45, 7) is 3.85. The Hall–Kier alpha value is -2.55. The van der Waals surface area contributed by atoms with Crippen LogP contribution < -0.4 is 10.1 Å². The van der Waals surface area contributed by atoms with Crippen molar-refractivity contribution in [3.63, 3.8) is 0 Å². The van der Waals surface area contributed by atoms with Gasteiger partial charge in [0.2, 0.25) is 5.91 Å². The number of rotatable bonds is 9. The molecule has 0 saturated carbocycles. The van der Waals surface area contributed by atoms with E-state index in [1.807, 2.05) is 38.1 Å². The number of hydrogen-bond acceptors (Lipinski definition) is 7. The quantitative estimate of drug-likeness (QED) is 0.515. The smallest absolute Gasteiger partial charge is 0.328 e. The van der Waals surface area contributed by atoms with E-state index in [4.69, 9.17) is 9.47 Å². The molecule has 9 heteroatoms. The molecule has 1 amide bonds. The molecule has 0 spiro atoms. The topological polar surface area (TPSA) is 95.3 Å². The van der Waals surface area contributed by atoms with Crippen LogP contribution in [0.3, 0.4) is 0 Å². The second-order valence-corrected chi connectivity index (χ2v) is 6.87. The Bertz CT molecular complexity index is 780. The molecule has 0 aliphatic carbocycles. The summed E-state index contributed by atoms with van der Waals surface area (Å²) in [5, 5.41) is 11.3. The molecule has 0 radical (unpaired) electrons. The van der Waals surface area contributed by atoms with Crippen LogP contribution in [-0.4, -0.2) is 52.7 Å². The number of carbonyl (C=O) groups is 2. The summed E-state index contributed by atoms with van der Waals surface area (Å²) in [7, 11) is 2.91. The van der Waals surface area contributed by atoms with Gasteiger partial charge in [0.05, 0.1) is 25.7 Å². The highest BCUT2D eigenvalue weighted by Crippen LogP contribution is 2.22. The van der Waals surface area contributed by atoms with Crippen molar-refractivity contribution in [3.05, 3.63) is 30.6 Å². The van der Waals surface area contributed by atoms with Crippen molar-refractivity contribution in [2.45, 2.75) is 31.5 Å². The lowest BCUT2D eigenvalue weighted by Crippen LogP contribution is -2.46. The van der Waals surface area contributed by atoms with Crippen LogP contribution in [-0.2, 0) is 14.3 Å². The number of aromatic nitrogens is 3. The molecule has 0 saturated heterocycles. The summed E-state index contributed by atoms with van der Waals surface area (Å²) in [5.74, 6) is 0.0846. The maximum absolute atomic E-state index is 12.3. The van der Waals surface area contributed by atoms with Crippen molar-refractivity contribution in [1.82, 2.24) is 20.1 Å². The van der Waals surface area contributed by atoms with Gasteiger partial charge < -0.3 is 14.8 Å². The molecular formula is C18H24N4O4S. The van der Waals surface area contributed by atoms with Gasteiger partial charge in [-0.3, -0.25) is 9.36 Å². The van der Waals surface area contributed by atoms with Gasteiger partial charge in [-0.25, -0.2) is 4.79 Å². The number of esters is 1. The molecule has 2 atom stereocenters. The van der Waals surface area contributed by atoms with E-state index in [9.17, 15) is 9.59 Å². The second-order valence-electron chi connectivity index (χ2n) is 5.93. The van der Waals surface area contributed by atoms with Gasteiger partial charge in [-0.15, -0.1) is 10.2 Å². The summed E-state index contributed by atoms with van der Waals surface area (Å²) in [6.07, 6.45) is 2.32. The third-order valence-electron chi connectivity index (χ3n) is 4.16. The van der Waals surface area contributed by atoms with E-state index in [0.29, 0.717) is 10.9 Å². The molecule has 1 aromatic carbocycles. The fourth-order valence-corrected chi connectivity index (χ4v) is 3.14. The minimum Gasteiger partial charge on any atom is -0.497 e. The molecule has 2 aromatic rings. The Morgan fingerprint density at radius 1 is 1.33 bits per heavy atom. The first kappa shape index (κ1) is 20.8. The van der Waals surface area contributed by atoms with Gasteiger partial charge in [0.25, 0.3) is 0 Å². The first-order chi connectivity index (χ1) is 13.0. The van der Waals surface area contributed by atoms with Crippen molar-refractivity contribution in [2.75, 3.05) is 20.0 Å². The summed E-state index contributed by atoms with van der Waals surface area (Å²) in [4.78, 5) is 24.2. The SMILES string of the molecule is CC[C@@H](C)[C@H](NC(=O)CSc1nncn1-c1cccc(OC)c1)C(=O)OC. The molecule has 1 heterocycles. The standard InChI is InChI=1S/C18H24N4O4S/c1-5-12(2)16(17(24)26-4)20-15(23)10-27-18-21-19-11-22(18)13-7-6-8-14(9-13)25-3/h6-9,11-12,16H,5,10H2,1-4H3,(H,20,23)/t12-,16+/m1/s1. The van der Waals surface area contributed by atoms with Crippen molar-refractivity contribution in [2.24, 2.45) is 5.92 Å². The number of benzene rings is 1. The van der Waals surface area contributed by atoms with Crippen LogP contribution >= 0.6 is 11.8 Å². The predicted octanol–water partition coefficient (Wildman–Crippen LogP) is 2.07. The average Bonchev–Trinajstić information content (AvgIpc) is 3.18. The molecule has 27 heavy (non-hydrogen) atoms. The maximum Gasteiger partial charge on any atom is 0.328 e. The number of methoxy groups -OCH3 is 2. The molecule has 0 aliphatic rings. The fourth-order valence-electron chi connectivity index (χ4n) is 2.40. The largest absolute Gasteiger partial charge is 0.497 e. The number of nitrogens with zero attached hydrogens (tertiary/aromatic N) is 3. The van der Waals surface area contributed by atoms with E-state index in [2.05, 4.69) is 15.5 Å². The van der Waals surface area contributed by atoms with Crippen molar-refractivity contribution < 1.29 is 19.1 Å². The van der Waals surface area contributed by atoms with E-state index in [-0.39, 0.29) is 17.6 Å². The number of thioether (sulfide) groups is 1. The Labute approximate surface area is 162 Å². The van der Waals surface area contributed by atoms with Gasteiger partial charge >= 0.3 is 5.97 Å². The Kier molecular flexibility index (Phi) is 7.66. The summed E-state index contributed by atoms with van der Waals surface area (Å²) < 4.78 is 11.8. The zero-order valence-electron chi connectivity index (χ0n) is 15.8. The predicted molar refractivity (Wildman–Crippen MR) is 102 cm³/mol. The first-order valence-corrected chi connectivity index (χ1v) is 9.53. The van der Waals surface area contributed by atoms with Crippen LogP contribution in [0.25, 0.3) is 5.69 Å².